The number of rotatable bonds is 8. The number of benzene rings is 12. The first kappa shape index (κ1) is 39.4. The minimum atomic E-state index is 0.876. The van der Waals surface area contributed by atoms with Gasteiger partial charge >= 0.3 is 0 Å². The zero-order chi connectivity index (χ0) is 45.0. The topological polar surface area (TPSA) is 16.4 Å². The molecular weight excluding hydrogens is 823 g/mol. The van der Waals surface area contributed by atoms with Crippen LogP contribution in [0.5, 0.6) is 0 Å². The molecule has 0 spiro atoms. The molecule has 0 unspecified atom stereocenters. The number of furan rings is 1. The fourth-order valence-electron chi connectivity index (χ4n) is 10.5. The molecule has 0 aliphatic carbocycles. The summed E-state index contributed by atoms with van der Waals surface area (Å²) in [6.07, 6.45) is 0. The SMILES string of the molecule is c1ccc(-c2ccc(N(c3ccc(-c4ccc5c(c4)c(-c4ccccc4)c(-c4ccccc4)c4ccccc45)cc3)c3ccccc3-c3cccc4oc5c6ccccc6ccc5c34)cc2)cc1. The fraction of sp³-hybridized carbons (Fsp3) is 0. The highest BCUT2D eigenvalue weighted by Crippen LogP contribution is 2.48. The quantitative estimate of drug-likeness (QED) is 0.142. The predicted octanol–water partition coefficient (Wildman–Crippen LogP) is 18.9. The van der Waals surface area contributed by atoms with Gasteiger partial charge in [0.25, 0.3) is 0 Å². The molecule has 0 bridgehead atoms. The summed E-state index contributed by atoms with van der Waals surface area (Å²) in [5.74, 6) is 0. The lowest BCUT2D eigenvalue weighted by Gasteiger charge is -2.28. The molecule has 2 heteroatoms. The minimum absolute atomic E-state index is 0.876. The Balaban J connectivity index is 0.979. The van der Waals surface area contributed by atoms with E-state index in [0.717, 1.165) is 61.1 Å². The normalized spacial score (nSPS) is 11.5. The summed E-state index contributed by atoms with van der Waals surface area (Å²) in [7, 11) is 0. The van der Waals surface area contributed by atoms with Crippen molar-refractivity contribution in [3.8, 4) is 55.6 Å². The van der Waals surface area contributed by atoms with Gasteiger partial charge in [-0.05, 0) is 126 Å². The molecule has 13 rings (SSSR count). The molecule has 0 radical (unpaired) electrons. The van der Waals surface area contributed by atoms with Gasteiger partial charge in [-0.2, -0.15) is 0 Å². The fourth-order valence-corrected chi connectivity index (χ4v) is 10.5. The van der Waals surface area contributed by atoms with Crippen LogP contribution in [0.3, 0.4) is 0 Å². The predicted molar refractivity (Wildman–Crippen MR) is 288 cm³/mol. The molecule has 13 aromatic rings. The maximum absolute atomic E-state index is 6.70. The Hall–Kier alpha value is -8.98. The average Bonchev–Trinajstić information content (AvgIpc) is 3.82. The van der Waals surface area contributed by atoms with Gasteiger partial charge in [-0.3, -0.25) is 0 Å². The third-order valence-corrected chi connectivity index (χ3v) is 13.7. The lowest BCUT2D eigenvalue weighted by molar-refractivity contribution is 0.673. The summed E-state index contributed by atoms with van der Waals surface area (Å²) in [4.78, 5) is 2.40. The molecule has 0 N–H and O–H groups in total. The van der Waals surface area contributed by atoms with Crippen LogP contribution in [0.2, 0.25) is 0 Å². The number of para-hydroxylation sites is 1. The van der Waals surface area contributed by atoms with Crippen molar-refractivity contribution in [2.75, 3.05) is 4.90 Å². The summed E-state index contributed by atoms with van der Waals surface area (Å²) in [5, 5.41) is 9.50. The number of hydrogen-bond acceptors (Lipinski definition) is 2. The van der Waals surface area contributed by atoms with Crippen molar-refractivity contribution < 1.29 is 4.42 Å². The first-order valence-corrected chi connectivity index (χ1v) is 23.3. The summed E-state index contributed by atoms with van der Waals surface area (Å²) in [5.41, 5.74) is 16.9. The van der Waals surface area contributed by atoms with E-state index in [9.17, 15) is 0 Å². The van der Waals surface area contributed by atoms with Crippen molar-refractivity contribution in [1.29, 1.82) is 0 Å². The second kappa shape index (κ2) is 16.5. The second-order valence-corrected chi connectivity index (χ2v) is 17.5. The molecule has 0 saturated heterocycles. The van der Waals surface area contributed by atoms with Gasteiger partial charge in [0.05, 0.1) is 5.69 Å². The Kier molecular flexibility index (Phi) is 9.54. The van der Waals surface area contributed by atoms with Gasteiger partial charge in [-0.1, -0.05) is 212 Å². The van der Waals surface area contributed by atoms with Gasteiger partial charge in [0.2, 0.25) is 0 Å². The van der Waals surface area contributed by atoms with E-state index in [1.807, 2.05) is 0 Å². The molecule has 0 saturated carbocycles. The van der Waals surface area contributed by atoms with Crippen LogP contribution >= 0.6 is 0 Å². The van der Waals surface area contributed by atoms with Crippen molar-refractivity contribution >= 4 is 71.3 Å². The van der Waals surface area contributed by atoms with Crippen LogP contribution in [0.4, 0.5) is 17.1 Å². The molecule has 0 fully saturated rings. The molecule has 2 nitrogen and oxygen atoms in total. The van der Waals surface area contributed by atoms with Crippen LogP contribution in [0, 0.1) is 0 Å². The van der Waals surface area contributed by atoms with Crippen molar-refractivity contribution in [1.82, 2.24) is 0 Å². The molecule has 1 heterocycles. The molecule has 0 atom stereocenters. The lowest BCUT2D eigenvalue weighted by atomic mass is 9.84. The third kappa shape index (κ3) is 6.65. The van der Waals surface area contributed by atoms with E-state index in [4.69, 9.17) is 4.42 Å². The number of fused-ring (bicyclic) bond motifs is 8. The molecular formula is C66H43NO. The Bertz CT molecular complexity index is 3990. The Labute approximate surface area is 395 Å². The largest absolute Gasteiger partial charge is 0.455 e. The first-order valence-electron chi connectivity index (χ1n) is 23.3. The van der Waals surface area contributed by atoms with Crippen LogP contribution in [0.25, 0.3) is 110 Å². The van der Waals surface area contributed by atoms with Gasteiger partial charge < -0.3 is 9.32 Å². The van der Waals surface area contributed by atoms with Crippen molar-refractivity contribution in [3.63, 3.8) is 0 Å². The van der Waals surface area contributed by atoms with Crippen LogP contribution in [0.1, 0.15) is 0 Å². The standard InChI is InChI=1S/C66H43NO/c1-4-17-44(18-5-1)45-31-37-51(38-32-45)67(61-29-15-14-26-56(61)58-28-16-30-62-65(58)59-42-35-47-19-10-11-24-53(47)66(59)68-62)52-39-33-46(34-40-52)50-36-41-55-54-25-12-13-27-57(54)63(48-20-6-2-7-21-48)64(60(55)43-50)49-22-8-3-9-23-49/h1-43H. The monoisotopic (exact) mass is 865 g/mol. The van der Waals surface area contributed by atoms with E-state index in [2.05, 4.69) is 266 Å². The molecule has 68 heavy (non-hydrogen) atoms. The molecule has 318 valence electrons. The molecule has 0 amide bonds. The van der Waals surface area contributed by atoms with Gasteiger partial charge in [0.1, 0.15) is 11.2 Å². The first-order chi connectivity index (χ1) is 33.7. The van der Waals surface area contributed by atoms with Crippen LogP contribution < -0.4 is 4.90 Å². The van der Waals surface area contributed by atoms with E-state index in [0.29, 0.717) is 0 Å². The van der Waals surface area contributed by atoms with E-state index < -0.39 is 0 Å². The average molecular weight is 866 g/mol. The van der Waals surface area contributed by atoms with Crippen molar-refractivity contribution in [3.05, 3.63) is 261 Å². The number of anilines is 3. The van der Waals surface area contributed by atoms with E-state index in [1.54, 1.807) is 0 Å². The maximum atomic E-state index is 6.70. The highest BCUT2D eigenvalue weighted by Gasteiger charge is 2.22. The van der Waals surface area contributed by atoms with Gasteiger partial charge in [0, 0.05) is 33.1 Å². The summed E-state index contributed by atoms with van der Waals surface area (Å²) < 4.78 is 6.70. The highest BCUT2D eigenvalue weighted by atomic mass is 16.3. The molecule has 0 aliphatic rings. The van der Waals surface area contributed by atoms with Gasteiger partial charge in [-0.25, -0.2) is 0 Å². The Morgan fingerprint density at radius 3 is 1.46 bits per heavy atom. The van der Waals surface area contributed by atoms with E-state index in [-0.39, 0.29) is 0 Å². The Morgan fingerprint density at radius 2 is 0.765 bits per heavy atom. The van der Waals surface area contributed by atoms with Crippen molar-refractivity contribution in [2.24, 2.45) is 0 Å². The van der Waals surface area contributed by atoms with Gasteiger partial charge in [0.15, 0.2) is 0 Å². The van der Waals surface area contributed by atoms with Crippen LogP contribution in [-0.4, -0.2) is 0 Å². The minimum Gasteiger partial charge on any atom is -0.455 e. The Morgan fingerprint density at radius 1 is 0.279 bits per heavy atom. The lowest BCUT2D eigenvalue weighted by Crippen LogP contribution is -2.11. The summed E-state index contributed by atoms with van der Waals surface area (Å²) in [6, 6.07) is 94.4. The zero-order valence-electron chi connectivity index (χ0n) is 37.2. The molecule has 12 aromatic carbocycles. The number of hydrogen-bond donors (Lipinski definition) is 0. The van der Waals surface area contributed by atoms with Gasteiger partial charge in [-0.15, -0.1) is 0 Å². The van der Waals surface area contributed by atoms with Crippen molar-refractivity contribution in [2.45, 2.75) is 0 Å². The molecule has 1 aromatic heterocycles. The summed E-state index contributed by atoms with van der Waals surface area (Å²) in [6.45, 7) is 0. The van der Waals surface area contributed by atoms with E-state index >= 15 is 0 Å². The van der Waals surface area contributed by atoms with E-state index in [1.165, 1.54) is 65.9 Å². The van der Waals surface area contributed by atoms with Crippen LogP contribution in [-0.2, 0) is 0 Å². The maximum Gasteiger partial charge on any atom is 0.143 e. The summed E-state index contributed by atoms with van der Waals surface area (Å²) >= 11 is 0. The number of nitrogens with zero attached hydrogens (tertiary/aromatic N) is 1. The molecule has 0 aliphatic heterocycles. The smallest absolute Gasteiger partial charge is 0.143 e. The highest BCUT2D eigenvalue weighted by molar-refractivity contribution is 6.23. The second-order valence-electron chi connectivity index (χ2n) is 17.5. The third-order valence-electron chi connectivity index (χ3n) is 13.7. The zero-order valence-corrected chi connectivity index (χ0v) is 37.2. The van der Waals surface area contributed by atoms with Crippen LogP contribution in [0.15, 0.2) is 265 Å².